The van der Waals surface area contributed by atoms with Gasteiger partial charge in [-0.1, -0.05) is 5.57 Å². The zero-order valence-corrected chi connectivity index (χ0v) is 10.1. The van der Waals surface area contributed by atoms with Crippen molar-refractivity contribution in [2.24, 2.45) is 0 Å². The van der Waals surface area contributed by atoms with Gasteiger partial charge in [-0.2, -0.15) is 5.10 Å². The fraction of sp³-hybridized carbons (Fsp3) is 0.500. The average molecular weight is 234 g/mol. The molecular weight excluding hydrogens is 216 g/mol. The summed E-state index contributed by atoms with van der Waals surface area (Å²) in [4.78, 5) is 11.2. The first-order valence-electron chi connectivity index (χ1n) is 5.92. The van der Waals surface area contributed by atoms with Gasteiger partial charge in [0.1, 0.15) is 6.54 Å². The first kappa shape index (κ1) is 11.9. The van der Waals surface area contributed by atoms with Crippen molar-refractivity contribution in [1.29, 1.82) is 0 Å². The second-order valence-corrected chi connectivity index (χ2v) is 4.19. The third-order valence-corrected chi connectivity index (χ3v) is 2.80. The van der Waals surface area contributed by atoms with E-state index >= 15 is 0 Å². The molecule has 1 saturated heterocycles. The van der Waals surface area contributed by atoms with Gasteiger partial charge in [0.15, 0.2) is 0 Å². The molecule has 0 unspecified atom stereocenters. The summed E-state index contributed by atoms with van der Waals surface area (Å²) in [5.41, 5.74) is 2.30. The number of hydrogen-bond acceptors (Lipinski definition) is 3. The van der Waals surface area contributed by atoms with E-state index in [9.17, 15) is 4.79 Å². The summed E-state index contributed by atoms with van der Waals surface area (Å²) in [5, 5.41) is 10.3. The molecule has 0 radical (unpaired) electrons. The van der Waals surface area contributed by atoms with Crippen LogP contribution in [0.25, 0.3) is 6.08 Å². The van der Waals surface area contributed by atoms with Crippen LogP contribution in [0.4, 0.5) is 0 Å². The van der Waals surface area contributed by atoms with Crippen LogP contribution in [0.2, 0.25) is 0 Å². The first-order valence-corrected chi connectivity index (χ1v) is 5.92. The number of carbonyl (C=O) groups excluding carboxylic acids is 1. The van der Waals surface area contributed by atoms with Crippen molar-refractivity contribution < 1.29 is 4.79 Å². The fourth-order valence-corrected chi connectivity index (χ4v) is 1.88. The highest BCUT2D eigenvalue weighted by Gasteiger charge is 2.06. The van der Waals surface area contributed by atoms with E-state index in [0.29, 0.717) is 0 Å². The van der Waals surface area contributed by atoms with E-state index < -0.39 is 0 Å². The van der Waals surface area contributed by atoms with Gasteiger partial charge in [-0.25, -0.2) is 0 Å². The molecule has 1 aliphatic rings. The fourth-order valence-electron chi connectivity index (χ4n) is 1.88. The Morgan fingerprint density at radius 2 is 2.59 bits per heavy atom. The predicted molar refractivity (Wildman–Crippen MR) is 66.4 cm³/mol. The third kappa shape index (κ3) is 3.42. The number of carbonyl (C=O) groups is 1. The van der Waals surface area contributed by atoms with Crippen LogP contribution in [-0.4, -0.2) is 35.8 Å². The molecule has 0 atom stereocenters. The summed E-state index contributed by atoms with van der Waals surface area (Å²) in [6, 6.07) is 1.94. The molecule has 2 N–H and O–H groups in total. The zero-order valence-electron chi connectivity index (χ0n) is 10.1. The largest absolute Gasteiger partial charge is 0.358 e. The molecule has 0 saturated carbocycles. The van der Waals surface area contributed by atoms with E-state index in [1.54, 1.807) is 11.7 Å². The lowest BCUT2D eigenvalue weighted by Gasteiger charge is -2.14. The van der Waals surface area contributed by atoms with Crippen LogP contribution in [0.1, 0.15) is 18.5 Å². The van der Waals surface area contributed by atoms with Crippen LogP contribution in [0.3, 0.4) is 0 Å². The minimum absolute atomic E-state index is 0.0355. The summed E-state index contributed by atoms with van der Waals surface area (Å²) >= 11 is 0. The van der Waals surface area contributed by atoms with Crippen molar-refractivity contribution in [3.63, 3.8) is 0 Å². The number of aromatic nitrogens is 2. The topological polar surface area (TPSA) is 59.0 Å². The van der Waals surface area contributed by atoms with E-state index in [2.05, 4.69) is 21.8 Å². The Kier molecular flexibility index (Phi) is 3.93. The van der Waals surface area contributed by atoms with Gasteiger partial charge in [0.05, 0.1) is 5.69 Å². The summed E-state index contributed by atoms with van der Waals surface area (Å²) in [6.07, 6.45) is 6.25. The highest BCUT2D eigenvalue weighted by molar-refractivity contribution is 5.75. The van der Waals surface area contributed by atoms with Crippen LogP contribution < -0.4 is 10.6 Å². The number of amides is 1. The lowest BCUT2D eigenvalue weighted by molar-refractivity contribution is -0.121. The molecule has 1 aliphatic heterocycles. The van der Waals surface area contributed by atoms with Crippen molar-refractivity contribution in [2.45, 2.75) is 19.4 Å². The lowest BCUT2D eigenvalue weighted by Crippen LogP contribution is -2.24. The number of hydrogen-bond donors (Lipinski definition) is 2. The van der Waals surface area contributed by atoms with Gasteiger partial charge in [-0.15, -0.1) is 0 Å². The van der Waals surface area contributed by atoms with Gasteiger partial charge >= 0.3 is 0 Å². The van der Waals surface area contributed by atoms with Gasteiger partial charge in [0, 0.05) is 19.8 Å². The zero-order chi connectivity index (χ0) is 12.1. The van der Waals surface area contributed by atoms with Crippen LogP contribution in [0, 0.1) is 0 Å². The first-order chi connectivity index (χ1) is 8.28. The summed E-state index contributed by atoms with van der Waals surface area (Å²) in [6.45, 7) is 2.32. The SMILES string of the molecule is CNC(=O)Cn1ccc(C=C2CCCNC2)n1. The molecule has 5 heteroatoms. The van der Waals surface area contributed by atoms with Crippen molar-refractivity contribution in [3.05, 3.63) is 23.5 Å². The normalized spacial score (nSPS) is 18.3. The Balaban J connectivity index is 2.00. The van der Waals surface area contributed by atoms with E-state index in [1.807, 2.05) is 12.3 Å². The Hall–Kier alpha value is -1.62. The Morgan fingerprint density at radius 3 is 3.29 bits per heavy atom. The van der Waals surface area contributed by atoms with E-state index in [1.165, 1.54) is 12.0 Å². The number of nitrogens with one attached hydrogen (secondary N) is 2. The van der Waals surface area contributed by atoms with Gasteiger partial charge in [0.25, 0.3) is 0 Å². The number of piperidine rings is 1. The molecule has 0 bridgehead atoms. The summed E-state index contributed by atoms with van der Waals surface area (Å²) in [5.74, 6) is -0.0355. The average Bonchev–Trinajstić information content (AvgIpc) is 2.77. The maximum atomic E-state index is 11.2. The smallest absolute Gasteiger partial charge is 0.241 e. The van der Waals surface area contributed by atoms with Crippen molar-refractivity contribution in [1.82, 2.24) is 20.4 Å². The van der Waals surface area contributed by atoms with Crippen LogP contribution in [0.15, 0.2) is 17.8 Å². The Bertz CT molecular complexity index is 414. The molecule has 2 rings (SSSR count). The summed E-state index contributed by atoms with van der Waals surface area (Å²) < 4.78 is 1.65. The molecule has 17 heavy (non-hydrogen) atoms. The number of nitrogens with zero attached hydrogens (tertiary/aromatic N) is 2. The van der Waals surface area contributed by atoms with Crippen molar-refractivity contribution >= 4 is 12.0 Å². The highest BCUT2D eigenvalue weighted by Crippen LogP contribution is 2.12. The van der Waals surface area contributed by atoms with Crippen LogP contribution >= 0.6 is 0 Å². The predicted octanol–water partition coefficient (Wildman–Crippen LogP) is 0.396. The third-order valence-electron chi connectivity index (χ3n) is 2.80. The van der Waals surface area contributed by atoms with Crippen molar-refractivity contribution in [3.8, 4) is 0 Å². The number of likely N-dealkylation sites (N-methyl/N-ethyl adjacent to an activating group) is 1. The Labute approximate surface area is 101 Å². The van der Waals surface area contributed by atoms with E-state index in [4.69, 9.17) is 0 Å². The van der Waals surface area contributed by atoms with Gasteiger partial charge in [-0.05, 0) is 31.5 Å². The second-order valence-electron chi connectivity index (χ2n) is 4.19. The summed E-state index contributed by atoms with van der Waals surface area (Å²) in [7, 11) is 1.63. The van der Waals surface area contributed by atoms with Gasteiger partial charge in [0.2, 0.25) is 5.91 Å². The maximum absolute atomic E-state index is 11.2. The molecule has 0 spiro atoms. The van der Waals surface area contributed by atoms with E-state index in [0.717, 1.165) is 25.2 Å². The molecule has 1 aromatic rings. The second kappa shape index (κ2) is 5.63. The maximum Gasteiger partial charge on any atom is 0.241 e. The minimum atomic E-state index is -0.0355. The number of rotatable bonds is 3. The quantitative estimate of drug-likeness (QED) is 0.795. The molecule has 1 aromatic heterocycles. The van der Waals surface area contributed by atoms with Gasteiger partial charge in [-0.3, -0.25) is 9.48 Å². The standard InChI is InChI=1S/C12H18N4O/c1-13-12(17)9-16-6-4-11(15-16)7-10-3-2-5-14-8-10/h4,6-7,14H,2-3,5,8-9H2,1H3,(H,13,17). The Morgan fingerprint density at radius 1 is 1.71 bits per heavy atom. The molecule has 2 heterocycles. The molecule has 5 nitrogen and oxygen atoms in total. The molecule has 1 amide bonds. The van der Waals surface area contributed by atoms with Crippen LogP contribution in [0.5, 0.6) is 0 Å². The van der Waals surface area contributed by atoms with Gasteiger partial charge < -0.3 is 10.6 Å². The van der Waals surface area contributed by atoms with Crippen LogP contribution in [-0.2, 0) is 11.3 Å². The lowest BCUT2D eigenvalue weighted by atomic mass is 10.1. The molecule has 0 aromatic carbocycles. The monoisotopic (exact) mass is 234 g/mol. The minimum Gasteiger partial charge on any atom is -0.358 e. The van der Waals surface area contributed by atoms with E-state index in [-0.39, 0.29) is 12.5 Å². The molecule has 92 valence electrons. The molecule has 0 aliphatic carbocycles. The highest BCUT2D eigenvalue weighted by atomic mass is 16.1. The van der Waals surface area contributed by atoms with Crippen molar-refractivity contribution in [2.75, 3.05) is 20.1 Å². The molecular formula is C12H18N4O. The molecule has 1 fully saturated rings.